The third-order valence-corrected chi connectivity index (χ3v) is 6.45. The number of aromatic nitrogens is 1. The molecule has 1 aromatic heterocycles. The average Bonchev–Trinajstić information content (AvgIpc) is 2.88. The maximum Gasteiger partial charge on any atom is 0.480 e. The predicted octanol–water partition coefficient (Wildman–Crippen LogP) is 3.83. The summed E-state index contributed by atoms with van der Waals surface area (Å²) in [4.78, 5) is 0. The monoisotopic (exact) mass is 458 g/mol. The maximum atomic E-state index is 11.4. The molecular weight excluding hydrogens is 446 g/mol. The number of hydrogen-bond donors (Lipinski definition) is 0. The van der Waals surface area contributed by atoms with E-state index in [0.717, 1.165) is 4.13 Å². The maximum absolute atomic E-state index is 11.4. The molecule has 0 N–H and O–H groups in total. The molecule has 27 heavy (non-hydrogen) atoms. The highest BCUT2D eigenvalue weighted by Crippen LogP contribution is 2.36. The SMILES string of the molecule is CC(C)[n+]1csc2ccccc21.O=S(=O)([N-]S(=O)(=O)C(F)(F)F)C(F)(F)F. The quantitative estimate of drug-likeness (QED) is 0.517. The van der Waals surface area contributed by atoms with Gasteiger partial charge < -0.3 is 4.13 Å². The number of halogens is 6. The molecule has 1 heterocycles. The fourth-order valence-electron chi connectivity index (χ4n) is 1.55. The van der Waals surface area contributed by atoms with Gasteiger partial charge in [-0.3, -0.25) is 0 Å². The summed E-state index contributed by atoms with van der Waals surface area (Å²) in [5.74, 6) is 0. The summed E-state index contributed by atoms with van der Waals surface area (Å²) in [6.07, 6.45) is 0. The minimum atomic E-state index is -6.72. The third kappa shape index (κ3) is 5.76. The average molecular weight is 458 g/mol. The van der Waals surface area contributed by atoms with Crippen LogP contribution in [0.1, 0.15) is 19.9 Å². The first-order valence-corrected chi connectivity index (χ1v) is 10.5. The number of nitrogens with zero attached hydrogens (tertiary/aromatic N) is 2. The first kappa shape index (κ1) is 23.6. The molecule has 0 spiro atoms. The Morgan fingerprint density at radius 1 is 0.926 bits per heavy atom. The first-order valence-electron chi connectivity index (χ1n) is 6.74. The molecule has 154 valence electrons. The van der Waals surface area contributed by atoms with Crippen LogP contribution in [0.4, 0.5) is 26.3 Å². The van der Waals surface area contributed by atoms with Gasteiger partial charge in [0.25, 0.3) is 0 Å². The van der Waals surface area contributed by atoms with E-state index in [1.165, 1.54) is 10.2 Å². The van der Waals surface area contributed by atoms with Gasteiger partial charge in [0.2, 0.25) is 11.0 Å². The van der Waals surface area contributed by atoms with Crippen LogP contribution in [0, 0.1) is 0 Å². The van der Waals surface area contributed by atoms with Gasteiger partial charge in [-0.05, 0) is 19.9 Å². The fraction of sp³-hybridized carbons (Fsp3) is 0.417. The second-order valence-corrected chi connectivity index (χ2v) is 9.42. The van der Waals surface area contributed by atoms with E-state index in [4.69, 9.17) is 0 Å². The van der Waals surface area contributed by atoms with Crippen molar-refractivity contribution in [1.29, 1.82) is 0 Å². The standard InChI is InChI=1S/C10H12NS.C2F6NO4S2/c1-8(2)11-7-12-10-6-4-3-5-9(10)11;3-1(4,5)14(10,11)9-15(12,13)2(6,7)8/h3-8H,1-2H3;/q+1;-1. The highest BCUT2D eigenvalue weighted by Gasteiger charge is 2.46. The van der Waals surface area contributed by atoms with Gasteiger partial charge in [-0.15, -0.1) is 0 Å². The molecule has 0 aliphatic rings. The summed E-state index contributed by atoms with van der Waals surface area (Å²) in [7, 11) is -13.4. The van der Waals surface area contributed by atoms with Crippen LogP contribution < -0.4 is 4.57 Å². The normalized spacial score (nSPS) is 13.5. The molecule has 0 aliphatic heterocycles. The summed E-state index contributed by atoms with van der Waals surface area (Å²) >= 11 is 1.81. The molecule has 0 amide bonds. The van der Waals surface area contributed by atoms with E-state index >= 15 is 0 Å². The molecule has 0 bridgehead atoms. The van der Waals surface area contributed by atoms with Crippen molar-refractivity contribution in [3.05, 3.63) is 33.9 Å². The Balaban J connectivity index is 0.000000274. The van der Waals surface area contributed by atoms with Crippen molar-refractivity contribution >= 4 is 41.6 Å². The van der Waals surface area contributed by atoms with Crippen LogP contribution in [0.15, 0.2) is 29.8 Å². The zero-order valence-corrected chi connectivity index (χ0v) is 15.9. The predicted molar refractivity (Wildman–Crippen MR) is 85.7 cm³/mol. The molecule has 15 heteroatoms. The van der Waals surface area contributed by atoms with E-state index < -0.39 is 31.1 Å². The van der Waals surface area contributed by atoms with Gasteiger partial charge in [0.05, 0.1) is 0 Å². The van der Waals surface area contributed by atoms with Gasteiger partial charge >= 0.3 is 11.0 Å². The summed E-state index contributed by atoms with van der Waals surface area (Å²) in [6, 6.07) is 9.07. The van der Waals surface area contributed by atoms with Gasteiger partial charge in [0, 0.05) is 6.07 Å². The van der Waals surface area contributed by atoms with Crippen molar-refractivity contribution in [2.75, 3.05) is 0 Å². The Hall–Kier alpha value is -1.45. The van der Waals surface area contributed by atoms with Crippen molar-refractivity contribution in [2.45, 2.75) is 30.9 Å². The largest absolute Gasteiger partial charge is 0.480 e. The Bertz CT molecular complexity index is 952. The van der Waals surface area contributed by atoms with Gasteiger partial charge in [-0.25, -0.2) is 16.8 Å². The van der Waals surface area contributed by atoms with Crippen LogP contribution in [-0.4, -0.2) is 27.9 Å². The Kier molecular flexibility index (Phi) is 6.89. The molecule has 0 atom stereocenters. The molecular formula is C12H12F6N2O4S3. The minimum Gasteiger partial charge on any atom is -0.421 e. The van der Waals surface area contributed by atoms with Crippen LogP contribution in [-0.2, 0) is 20.0 Å². The zero-order chi connectivity index (χ0) is 21.3. The first-order chi connectivity index (χ1) is 12.0. The summed E-state index contributed by atoms with van der Waals surface area (Å²) in [6.45, 7) is 4.42. The highest BCUT2D eigenvalue weighted by molar-refractivity contribution is 8.13. The number of thiazole rings is 1. The summed E-state index contributed by atoms with van der Waals surface area (Å²) in [5, 5.41) is 0. The number of rotatable bonds is 3. The van der Waals surface area contributed by atoms with Crippen molar-refractivity contribution in [3.8, 4) is 0 Å². The van der Waals surface area contributed by atoms with Crippen molar-refractivity contribution in [2.24, 2.45) is 0 Å². The van der Waals surface area contributed by atoms with Crippen LogP contribution >= 0.6 is 11.3 Å². The lowest BCUT2D eigenvalue weighted by Crippen LogP contribution is -2.33. The van der Waals surface area contributed by atoms with Crippen LogP contribution in [0.2, 0.25) is 0 Å². The zero-order valence-electron chi connectivity index (χ0n) is 13.5. The minimum absolute atomic E-state index is 0.557. The molecule has 0 saturated carbocycles. The van der Waals surface area contributed by atoms with Gasteiger partial charge in [0.15, 0.2) is 26.1 Å². The van der Waals surface area contributed by atoms with E-state index in [1.807, 2.05) is 0 Å². The number of sulfonamides is 2. The van der Waals surface area contributed by atoms with Crippen LogP contribution in [0.25, 0.3) is 14.3 Å². The molecule has 2 rings (SSSR count). The molecule has 0 saturated heterocycles. The molecule has 0 radical (unpaired) electrons. The molecule has 0 fully saturated rings. The van der Waals surface area contributed by atoms with E-state index in [1.54, 1.807) is 11.3 Å². The fourth-order valence-corrected chi connectivity index (χ4v) is 4.30. The molecule has 0 aliphatic carbocycles. The molecule has 1 aromatic carbocycles. The van der Waals surface area contributed by atoms with Gasteiger partial charge in [-0.1, -0.05) is 23.5 Å². The molecule has 6 nitrogen and oxygen atoms in total. The summed E-state index contributed by atoms with van der Waals surface area (Å²) < 4.78 is 113. The van der Waals surface area contributed by atoms with Crippen LogP contribution in [0.5, 0.6) is 0 Å². The lowest BCUT2D eigenvalue weighted by molar-refractivity contribution is -0.687. The number of hydrogen-bond acceptors (Lipinski definition) is 5. The van der Waals surface area contributed by atoms with Gasteiger partial charge in [-0.2, -0.15) is 30.9 Å². The van der Waals surface area contributed by atoms with E-state index in [2.05, 4.69) is 48.2 Å². The highest BCUT2D eigenvalue weighted by atomic mass is 32.3. The smallest absolute Gasteiger partial charge is 0.421 e. The second-order valence-electron chi connectivity index (χ2n) is 5.11. The van der Waals surface area contributed by atoms with E-state index in [9.17, 15) is 43.2 Å². The van der Waals surface area contributed by atoms with Gasteiger partial charge in [0.1, 0.15) is 4.70 Å². The van der Waals surface area contributed by atoms with E-state index in [-0.39, 0.29) is 0 Å². The number of alkyl halides is 6. The molecule has 0 unspecified atom stereocenters. The van der Waals surface area contributed by atoms with Crippen molar-refractivity contribution in [3.63, 3.8) is 0 Å². The lowest BCUT2D eigenvalue weighted by atomic mass is 10.3. The lowest BCUT2D eigenvalue weighted by Gasteiger charge is -2.22. The number of benzene rings is 1. The number of fused-ring (bicyclic) bond motifs is 1. The van der Waals surface area contributed by atoms with Crippen LogP contribution in [0.3, 0.4) is 0 Å². The Morgan fingerprint density at radius 3 is 1.78 bits per heavy atom. The second kappa shape index (κ2) is 7.89. The Morgan fingerprint density at radius 2 is 1.37 bits per heavy atom. The topological polar surface area (TPSA) is 86.3 Å². The van der Waals surface area contributed by atoms with Crippen molar-refractivity contribution in [1.82, 2.24) is 0 Å². The van der Waals surface area contributed by atoms with E-state index in [0.29, 0.717) is 6.04 Å². The van der Waals surface area contributed by atoms with Crippen molar-refractivity contribution < 1.29 is 47.7 Å². The summed E-state index contributed by atoms with van der Waals surface area (Å²) in [5.41, 5.74) is -8.87. The number of para-hydroxylation sites is 1. The molecule has 2 aromatic rings. The third-order valence-electron chi connectivity index (χ3n) is 2.77. The Labute approximate surface area is 154 Å².